The van der Waals surface area contributed by atoms with Crippen LogP contribution in [-0.4, -0.2) is 6.61 Å². The molecule has 0 N–H and O–H groups in total. The van der Waals surface area contributed by atoms with E-state index >= 15 is 0 Å². The van der Waals surface area contributed by atoms with Gasteiger partial charge in [0, 0.05) is 0 Å². The van der Waals surface area contributed by atoms with Crippen molar-refractivity contribution in [3.8, 4) is 5.75 Å². The minimum absolute atomic E-state index is 0.692. The van der Waals surface area contributed by atoms with E-state index in [0.29, 0.717) is 6.61 Å². The molecule has 0 atom stereocenters. The van der Waals surface area contributed by atoms with Crippen LogP contribution in [0.4, 0.5) is 0 Å². The molecule has 2 heteroatoms. The van der Waals surface area contributed by atoms with E-state index in [4.69, 9.17) is 9.78 Å². The maximum absolute atomic E-state index is 5.24. The summed E-state index contributed by atoms with van der Waals surface area (Å²) in [6.07, 6.45) is 4.37. The van der Waals surface area contributed by atoms with Crippen molar-refractivity contribution in [2.75, 3.05) is 6.61 Å². The second kappa shape index (κ2) is 4.47. The lowest BCUT2D eigenvalue weighted by molar-refractivity contribution is -0.203. The Morgan fingerprint density at radius 2 is 2.29 bits per heavy atom. The summed E-state index contributed by atoms with van der Waals surface area (Å²) in [5.74, 6) is 0.911. The number of rotatable bonds is 2. The van der Waals surface area contributed by atoms with Crippen molar-refractivity contribution in [2.24, 2.45) is 0 Å². The molecule has 0 fully saturated rings. The van der Waals surface area contributed by atoms with Crippen LogP contribution in [0.1, 0.15) is 30.9 Å². The highest BCUT2D eigenvalue weighted by atomic mass is 17.2. The third-order valence-corrected chi connectivity index (χ3v) is 2.49. The number of hydrogen-bond donors (Lipinski definition) is 0. The Morgan fingerprint density at radius 3 is 3.14 bits per heavy atom. The third kappa shape index (κ3) is 2.07. The molecule has 0 spiro atoms. The second-order valence-electron chi connectivity index (χ2n) is 3.70. The molecule has 0 saturated carbocycles. The van der Waals surface area contributed by atoms with E-state index in [1.54, 1.807) is 0 Å². The number of hydrogen-bond acceptors (Lipinski definition) is 2. The van der Waals surface area contributed by atoms with Gasteiger partial charge in [-0.25, -0.2) is 0 Å². The maximum atomic E-state index is 5.24. The highest BCUT2D eigenvalue weighted by molar-refractivity contribution is 5.37. The molecule has 14 heavy (non-hydrogen) atoms. The van der Waals surface area contributed by atoms with Gasteiger partial charge >= 0.3 is 0 Å². The summed E-state index contributed by atoms with van der Waals surface area (Å²) in [6.45, 7) is 2.88. The largest absolute Gasteiger partial charge is 0.337 e. The van der Waals surface area contributed by atoms with E-state index in [0.717, 1.165) is 25.0 Å². The molecule has 76 valence electrons. The molecular weight excluding hydrogens is 176 g/mol. The standard InChI is InChI=1S/C12H16O2/c1-2-4-10-6-7-11-5-3-8-13-14-12(11)9-10/h6-7,9H,2-5,8H2,1H3. The average molecular weight is 192 g/mol. The number of benzene rings is 1. The van der Waals surface area contributed by atoms with Crippen molar-refractivity contribution >= 4 is 0 Å². The predicted molar refractivity (Wildman–Crippen MR) is 55.3 cm³/mol. The van der Waals surface area contributed by atoms with Gasteiger partial charge < -0.3 is 4.89 Å². The zero-order valence-electron chi connectivity index (χ0n) is 8.58. The van der Waals surface area contributed by atoms with E-state index < -0.39 is 0 Å². The first kappa shape index (κ1) is 9.53. The van der Waals surface area contributed by atoms with Gasteiger partial charge in [-0.2, -0.15) is 4.89 Å². The summed E-state index contributed by atoms with van der Waals surface area (Å²) >= 11 is 0. The lowest BCUT2D eigenvalue weighted by Gasteiger charge is -2.06. The van der Waals surface area contributed by atoms with E-state index in [2.05, 4.69) is 25.1 Å². The third-order valence-electron chi connectivity index (χ3n) is 2.49. The lowest BCUT2D eigenvalue weighted by atomic mass is 10.0. The van der Waals surface area contributed by atoms with Gasteiger partial charge in [-0.3, -0.25) is 0 Å². The minimum atomic E-state index is 0.692. The van der Waals surface area contributed by atoms with Crippen LogP contribution in [0.3, 0.4) is 0 Å². The zero-order valence-corrected chi connectivity index (χ0v) is 8.58. The lowest BCUT2D eigenvalue weighted by Crippen LogP contribution is -1.96. The van der Waals surface area contributed by atoms with Gasteiger partial charge in [-0.05, 0) is 36.5 Å². The van der Waals surface area contributed by atoms with Crippen molar-refractivity contribution in [1.82, 2.24) is 0 Å². The maximum Gasteiger partial charge on any atom is 0.168 e. The molecule has 0 aliphatic carbocycles. The molecule has 2 nitrogen and oxygen atoms in total. The Bertz CT molecular complexity index is 307. The number of fused-ring (bicyclic) bond motifs is 1. The summed E-state index contributed by atoms with van der Waals surface area (Å²) in [5, 5.41) is 0. The number of aryl methyl sites for hydroxylation is 2. The van der Waals surface area contributed by atoms with Gasteiger partial charge in [0.05, 0.1) is 6.61 Å². The second-order valence-corrected chi connectivity index (χ2v) is 3.70. The first-order valence-corrected chi connectivity index (χ1v) is 5.31. The molecule has 0 aromatic heterocycles. The van der Waals surface area contributed by atoms with Gasteiger partial charge in [0.25, 0.3) is 0 Å². The normalized spacial score (nSPS) is 15.5. The molecular formula is C12H16O2. The fraction of sp³-hybridized carbons (Fsp3) is 0.500. The van der Waals surface area contributed by atoms with Crippen LogP contribution in [-0.2, 0) is 17.7 Å². The van der Waals surface area contributed by atoms with Crippen molar-refractivity contribution < 1.29 is 9.78 Å². The molecule has 1 aromatic carbocycles. The molecule has 0 amide bonds. The Labute approximate surface area is 84.8 Å². The van der Waals surface area contributed by atoms with Gasteiger partial charge in [-0.15, -0.1) is 0 Å². The van der Waals surface area contributed by atoms with E-state index in [1.165, 1.54) is 17.5 Å². The minimum Gasteiger partial charge on any atom is -0.337 e. The van der Waals surface area contributed by atoms with Crippen molar-refractivity contribution in [1.29, 1.82) is 0 Å². The van der Waals surface area contributed by atoms with Gasteiger partial charge in [0.15, 0.2) is 5.75 Å². The van der Waals surface area contributed by atoms with E-state index in [1.807, 2.05) is 0 Å². The topological polar surface area (TPSA) is 18.5 Å². The van der Waals surface area contributed by atoms with Crippen LogP contribution >= 0.6 is 0 Å². The van der Waals surface area contributed by atoms with Crippen LogP contribution in [0.2, 0.25) is 0 Å². The van der Waals surface area contributed by atoms with E-state index in [9.17, 15) is 0 Å². The highest BCUT2D eigenvalue weighted by Gasteiger charge is 2.10. The van der Waals surface area contributed by atoms with Gasteiger partial charge in [-0.1, -0.05) is 25.5 Å². The summed E-state index contributed by atoms with van der Waals surface area (Å²) < 4.78 is 0. The fourth-order valence-electron chi connectivity index (χ4n) is 1.75. The molecule has 0 radical (unpaired) electrons. The first-order valence-electron chi connectivity index (χ1n) is 5.31. The zero-order chi connectivity index (χ0) is 9.80. The van der Waals surface area contributed by atoms with Gasteiger partial charge in [0.2, 0.25) is 0 Å². The van der Waals surface area contributed by atoms with Crippen LogP contribution in [0.5, 0.6) is 5.75 Å². The smallest absolute Gasteiger partial charge is 0.168 e. The van der Waals surface area contributed by atoms with E-state index in [-0.39, 0.29) is 0 Å². The molecule has 0 bridgehead atoms. The monoisotopic (exact) mass is 192 g/mol. The fourth-order valence-corrected chi connectivity index (χ4v) is 1.75. The molecule has 1 aliphatic heterocycles. The Balaban J connectivity index is 2.23. The van der Waals surface area contributed by atoms with Crippen LogP contribution in [0, 0.1) is 0 Å². The van der Waals surface area contributed by atoms with Crippen molar-refractivity contribution in [2.45, 2.75) is 32.6 Å². The van der Waals surface area contributed by atoms with Gasteiger partial charge in [0.1, 0.15) is 0 Å². The summed E-state index contributed by atoms with van der Waals surface area (Å²) in [5.41, 5.74) is 2.60. The Hall–Kier alpha value is -1.02. The van der Waals surface area contributed by atoms with Crippen LogP contribution in [0.25, 0.3) is 0 Å². The SMILES string of the molecule is CCCc1ccc2c(c1)OOCCC2. The Morgan fingerprint density at radius 1 is 1.36 bits per heavy atom. The molecule has 0 unspecified atom stereocenters. The molecule has 1 aromatic rings. The summed E-state index contributed by atoms with van der Waals surface area (Å²) in [7, 11) is 0. The molecule has 2 rings (SSSR count). The highest BCUT2D eigenvalue weighted by Crippen LogP contribution is 2.25. The predicted octanol–water partition coefficient (Wildman–Crippen LogP) is 2.90. The molecule has 1 aliphatic rings. The first-order chi connectivity index (χ1) is 6.90. The van der Waals surface area contributed by atoms with Crippen molar-refractivity contribution in [3.05, 3.63) is 29.3 Å². The van der Waals surface area contributed by atoms with Crippen molar-refractivity contribution in [3.63, 3.8) is 0 Å². The summed E-state index contributed by atoms with van der Waals surface area (Å²) in [4.78, 5) is 10.3. The Kier molecular flexibility index (Phi) is 3.04. The van der Waals surface area contributed by atoms with Crippen LogP contribution in [0.15, 0.2) is 18.2 Å². The van der Waals surface area contributed by atoms with Crippen LogP contribution < -0.4 is 4.89 Å². The summed E-state index contributed by atoms with van der Waals surface area (Å²) in [6, 6.07) is 6.45. The molecule has 0 saturated heterocycles. The quantitative estimate of drug-likeness (QED) is 0.671. The molecule has 1 heterocycles. The average Bonchev–Trinajstić information content (AvgIpc) is 2.42.